The van der Waals surface area contributed by atoms with Crippen molar-refractivity contribution >= 4 is 11.9 Å². The van der Waals surface area contributed by atoms with Crippen LogP contribution in [0.4, 0.5) is 5.95 Å². The van der Waals surface area contributed by atoms with Crippen molar-refractivity contribution < 1.29 is 0 Å². The molecule has 1 saturated heterocycles. The van der Waals surface area contributed by atoms with E-state index in [2.05, 4.69) is 31.7 Å². The van der Waals surface area contributed by atoms with E-state index >= 15 is 0 Å². The summed E-state index contributed by atoms with van der Waals surface area (Å²) in [6.07, 6.45) is 4.73. The summed E-state index contributed by atoms with van der Waals surface area (Å²) >= 11 is 0. The molecule has 0 aromatic carbocycles. The molecule has 0 radical (unpaired) electrons. The van der Waals surface area contributed by atoms with Crippen LogP contribution in [0.15, 0.2) is 23.5 Å². The van der Waals surface area contributed by atoms with Crippen molar-refractivity contribution in [2.24, 2.45) is 16.6 Å². The summed E-state index contributed by atoms with van der Waals surface area (Å²) in [5.41, 5.74) is 6.06. The van der Waals surface area contributed by atoms with Crippen LogP contribution < -0.4 is 10.6 Å². The third-order valence-corrected chi connectivity index (χ3v) is 3.80. The van der Waals surface area contributed by atoms with Gasteiger partial charge in [-0.3, -0.25) is 0 Å². The molecule has 6 heteroatoms. The molecule has 0 spiro atoms. The van der Waals surface area contributed by atoms with Gasteiger partial charge >= 0.3 is 0 Å². The van der Waals surface area contributed by atoms with E-state index in [1.807, 2.05) is 6.07 Å². The molecule has 2 fully saturated rings. The van der Waals surface area contributed by atoms with Crippen LogP contribution in [0.3, 0.4) is 0 Å². The third-order valence-electron chi connectivity index (χ3n) is 3.80. The maximum Gasteiger partial charge on any atom is 0.225 e. The summed E-state index contributed by atoms with van der Waals surface area (Å²) in [7, 11) is 0. The Balaban J connectivity index is 1.56. The van der Waals surface area contributed by atoms with E-state index in [1.165, 1.54) is 6.42 Å². The Hall–Kier alpha value is -1.85. The zero-order valence-corrected chi connectivity index (χ0v) is 11.2. The second kappa shape index (κ2) is 5.03. The highest BCUT2D eigenvalue weighted by atomic mass is 15.4. The highest BCUT2D eigenvalue weighted by molar-refractivity contribution is 5.78. The van der Waals surface area contributed by atoms with Crippen molar-refractivity contribution in [3.8, 4) is 0 Å². The number of nitrogens with two attached hydrogens (primary N) is 1. The highest BCUT2D eigenvalue weighted by Crippen LogP contribution is 2.32. The molecule has 3 rings (SSSR count). The van der Waals surface area contributed by atoms with E-state index in [4.69, 9.17) is 5.73 Å². The number of rotatable bonds is 2. The molecule has 1 aromatic heterocycles. The van der Waals surface area contributed by atoms with E-state index in [1.54, 1.807) is 12.4 Å². The molecular formula is C13H20N6. The highest BCUT2D eigenvalue weighted by Gasteiger charge is 2.33. The fraction of sp³-hybridized carbons (Fsp3) is 0.615. The van der Waals surface area contributed by atoms with Crippen molar-refractivity contribution in [3.63, 3.8) is 0 Å². The first-order chi connectivity index (χ1) is 9.24. The minimum atomic E-state index is 0.454. The number of guanidine groups is 1. The molecule has 2 atom stereocenters. The van der Waals surface area contributed by atoms with Gasteiger partial charge in [0.25, 0.3) is 0 Å². The molecule has 102 valence electrons. The number of nitrogens with zero attached hydrogens (tertiary/aromatic N) is 5. The Kier molecular flexibility index (Phi) is 3.23. The monoisotopic (exact) mass is 260 g/mol. The van der Waals surface area contributed by atoms with E-state index in [9.17, 15) is 0 Å². The van der Waals surface area contributed by atoms with Crippen molar-refractivity contribution in [1.29, 1.82) is 0 Å². The van der Waals surface area contributed by atoms with Crippen molar-refractivity contribution in [2.75, 3.05) is 31.1 Å². The first kappa shape index (κ1) is 12.2. The van der Waals surface area contributed by atoms with Gasteiger partial charge in [-0.15, -0.1) is 0 Å². The van der Waals surface area contributed by atoms with Crippen LogP contribution >= 0.6 is 0 Å². The summed E-state index contributed by atoms with van der Waals surface area (Å²) in [6, 6.07) is 2.29. The van der Waals surface area contributed by atoms with Gasteiger partial charge in [-0.1, -0.05) is 6.92 Å². The molecule has 19 heavy (non-hydrogen) atoms. The van der Waals surface area contributed by atoms with Gasteiger partial charge in [-0.25, -0.2) is 15.0 Å². The molecular weight excluding hydrogens is 240 g/mol. The Bertz CT molecular complexity index is 451. The molecule has 6 nitrogen and oxygen atoms in total. The molecule has 1 aliphatic carbocycles. The number of anilines is 1. The topological polar surface area (TPSA) is 70.6 Å². The molecule has 0 bridgehead atoms. The van der Waals surface area contributed by atoms with Crippen molar-refractivity contribution in [1.82, 2.24) is 14.9 Å². The number of aliphatic imine (C=N–C) groups is 1. The predicted molar refractivity (Wildman–Crippen MR) is 75.0 cm³/mol. The summed E-state index contributed by atoms with van der Waals surface area (Å²) in [6.45, 7) is 5.76. The molecule has 2 unspecified atom stereocenters. The molecule has 1 aliphatic heterocycles. The first-order valence-electron chi connectivity index (χ1n) is 6.84. The molecule has 2 aliphatic rings. The third kappa shape index (κ3) is 2.77. The SMILES string of the molecule is CC1CC1N=C(N)N1CCN(c2ncccn2)CC1. The molecule has 2 heterocycles. The zero-order chi connectivity index (χ0) is 13.2. The molecule has 1 aromatic rings. The second-order valence-corrected chi connectivity index (χ2v) is 5.29. The first-order valence-corrected chi connectivity index (χ1v) is 6.84. The van der Waals surface area contributed by atoms with Crippen LogP contribution in [0.2, 0.25) is 0 Å². The lowest BCUT2D eigenvalue weighted by molar-refractivity contribution is 0.378. The lowest BCUT2D eigenvalue weighted by atomic mass is 10.3. The van der Waals surface area contributed by atoms with Gasteiger partial charge in [0.15, 0.2) is 5.96 Å². The van der Waals surface area contributed by atoms with Crippen LogP contribution in [0.1, 0.15) is 13.3 Å². The van der Waals surface area contributed by atoms with Gasteiger partial charge in [0.1, 0.15) is 0 Å². The summed E-state index contributed by atoms with van der Waals surface area (Å²) in [5, 5.41) is 0. The Morgan fingerprint density at radius 1 is 1.26 bits per heavy atom. The summed E-state index contributed by atoms with van der Waals surface area (Å²) < 4.78 is 0. The summed E-state index contributed by atoms with van der Waals surface area (Å²) in [5.74, 6) is 2.20. The maximum atomic E-state index is 6.06. The average Bonchev–Trinajstić information content (AvgIpc) is 3.15. The van der Waals surface area contributed by atoms with Gasteiger partial charge in [0.2, 0.25) is 5.95 Å². The summed E-state index contributed by atoms with van der Waals surface area (Å²) in [4.78, 5) is 17.5. The Morgan fingerprint density at radius 2 is 1.89 bits per heavy atom. The van der Waals surface area contributed by atoms with Gasteiger partial charge in [0.05, 0.1) is 6.04 Å². The van der Waals surface area contributed by atoms with Crippen LogP contribution in [-0.2, 0) is 0 Å². The predicted octanol–water partition coefficient (Wildman–Crippen LogP) is 0.322. The minimum Gasteiger partial charge on any atom is -0.370 e. The van der Waals surface area contributed by atoms with E-state index in [0.717, 1.165) is 32.1 Å². The van der Waals surface area contributed by atoms with E-state index in [-0.39, 0.29) is 0 Å². The fourth-order valence-corrected chi connectivity index (χ4v) is 2.32. The minimum absolute atomic E-state index is 0.454. The number of hydrogen-bond acceptors (Lipinski definition) is 4. The number of hydrogen-bond donors (Lipinski definition) is 1. The standard InChI is InChI=1S/C13H20N6/c1-10-9-11(10)17-12(14)18-5-7-19(8-6-18)13-15-3-2-4-16-13/h2-4,10-11H,5-9H2,1H3,(H2,14,17). The van der Waals surface area contributed by atoms with Gasteiger partial charge in [-0.05, 0) is 18.4 Å². The van der Waals surface area contributed by atoms with Gasteiger partial charge < -0.3 is 15.5 Å². The van der Waals surface area contributed by atoms with Crippen LogP contribution in [0, 0.1) is 5.92 Å². The normalized spacial score (nSPS) is 27.5. The number of piperazine rings is 1. The van der Waals surface area contributed by atoms with Crippen LogP contribution in [0.25, 0.3) is 0 Å². The van der Waals surface area contributed by atoms with E-state index in [0.29, 0.717) is 17.9 Å². The van der Waals surface area contributed by atoms with Crippen molar-refractivity contribution in [3.05, 3.63) is 18.5 Å². The second-order valence-electron chi connectivity index (χ2n) is 5.29. The zero-order valence-electron chi connectivity index (χ0n) is 11.2. The maximum absolute atomic E-state index is 6.06. The lowest BCUT2D eigenvalue weighted by Crippen LogP contribution is -2.51. The molecule has 1 saturated carbocycles. The number of aromatic nitrogens is 2. The lowest BCUT2D eigenvalue weighted by Gasteiger charge is -2.35. The Morgan fingerprint density at radius 3 is 2.47 bits per heavy atom. The van der Waals surface area contributed by atoms with Crippen LogP contribution in [0.5, 0.6) is 0 Å². The largest absolute Gasteiger partial charge is 0.370 e. The van der Waals surface area contributed by atoms with Crippen LogP contribution in [-0.4, -0.2) is 53.0 Å². The quantitative estimate of drug-likeness (QED) is 0.612. The smallest absolute Gasteiger partial charge is 0.225 e. The Labute approximate surface area is 113 Å². The average molecular weight is 260 g/mol. The molecule has 2 N–H and O–H groups in total. The van der Waals surface area contributed by atoms with E-state index < -0.39 is 0 Å². The fourth-order valence-electron chi connectivity index (χ4n) is 2.32. The molecule has 0 amide bonds. The van der Waals surface area contributed by atoms with Gasteiger partial charge in [0, 0.05) is 38.6 Å². The van der Waals surface area contributed by atoms with Gasteiger partial charge in [-0.2, -0.15) is 0 Å². The van der Waals surface area contributed by atoms with Crippen molar-refractivity contribution in [2.45, 2.75) is 19.4 Å².